The fraction of sp³-hybridized carbons (Fsp3) is 0.833. The van der Waals surface area contributed by atoms with Gasteiger partial charge in [0.1, 0.15) is 6.10 Å². The lowest BCUT2D eigenvalue weighted by Gasteiger charge is -2.59. The second kappa shape index (κ2) is 10.4. The van der Waals surface area contributed by atoms with Crippen molar-refractivity contribution in [3.05, 3.63) is 23.8 Å². The van der Waals surface area contributed by atoms with Gasteiger partial charge in [0.25, 0.3) is 0 Å². The third-order valence-corrected chi connectivity index (χ3v) is 11.6. The number of carbonyl (C=O) groups is 1. The first-order valence-electron chi connectivity index (χ1n) is 14.4. The molecule has 4 rings (SSSR count). The second-order valence-electron chi connectivity index (χ2n) is 13.4. The summed E-state index contributed by atoms with van der Waals surface area (Å²) in [6.07, 6.45) is 10.0. The van der Waals surface area contributed by atoms with Crippen molar-refractivity contribution in [1.82, 2.24) is 0 Å². The van der Waals surface area contributed by atoms with E-state index in [9.17, 15) is 17.8 Å². The van der Waals surface area contributed by atoms with Gasteiger partial charge in [-0.2, -0.15) is 8.42 Å². The topological polar surface area (TPSA) is 89.9 Å². The van der Waals surface area contributed by atoms with Crippen LogP contribution in [0.5, 0.6) is 0 Å². The molecule has 7 heteroatoms. The Balaban J connectivity index is 1.60. The number of hydrogen-bond acceptors (Lipinski definition) is 5. The van der Waals surface area contributed by atoms with E-state index in [4.69, 9.17) is 8.92 Å². The molecule has 0 saturated heterocycles. The third kappa shape index (κ3) is 5.60. The first-order valence-corrected chi connectivity index (χ1v) is 15.7. The minimum absolute atomic E-state index is 0.0690. The molecular weight excluding hydrogens is 488 g/mol. The van der Waals surface area contributed by atoms with E-state index < -0.39 is 16.5 Å². The van der Waals surface area contributed by atoms with E-state index in [1.165, 1.54) is 38.2 Å². The normalized spacial score (nSPS) is 40.3. The standard InChI is InChI=1S/C30H48O6S/c1-18(2)19(3)8-9-20(4)24-10-11-25-28-26(13-15-30(24,25)7)29(6)14-12-23(36-37(32,33)34)16-22(29)17-27(28)35-21(5)31/h17-18,20,23-28H,3,8-16H2,1-2,4-7H3,(H,32,33,34). The fourth-order valence-electron chi connectivity index (χ4n) is 9.03. The van der Waals surface area contributed by atoms with E-state index in [0.29, 0.717) is 42.4 Å². The highest BCUT2D eigenvalue weighted by atomic mass is 32.3. The molecule has 9 atom stereocenters. The van der Waals surface area contributed by atoms with Crippen molar-refractivity contribution in [1.29, 1.82) is 0 Å². The minimum Gasteiger partial charge on any atom is -0.458 e. The summed E-state index contributed by atoms with van der Waals surface area (Å²) in [5, 5.41) is 0. The van der Waals surface area contributed by atoms with Crippen LogP contribution >= 0.6 is 0 Å². The minimum atomic E-state index is -4.50. The molecule has 6 nitrogen and oxygen atoms in total. The van der Waals surface area contributed by atoms with Gasteiger partial charge in [0.15, 0.2) is 0 Å². The molecule has 9 unspecified atom stereocenters. The highest BCUT2D eigenvalue weighted by Gasteiger charge is 2.62. The van der Waals surface area contributed by atoms with Crippen LogP contribution in [0, 0.1) is 46.3 Å². The van der Waals surface area contributed by atoms with Crippen LogP contribution in [0.4, 0.5) is 0 Å². The van der Waals surface area contributed by atoms with Crippen molar-refractivity contribution in [2.45, 2.75) is 112 Å². The molecule has 4 aliphatic carbocycles. The summed E-state index contributed by atoms with van der Waals surface area (Å²) in [6, 6.07) is 0. The number of carbonyl (C=O) groups excluding carboxylic acids is 1. The Morgan fingerprint density at radius 2 is 1.84 bits per heavy atom. The van der Waals surface area contributed by atoms with E-state index in [1.807, 2.05) is 0 Å². The van der Waals surface area contributed by atoms with Crippen LogP contribution < -0.4 is 0 Å². The van der Waals surface area contributed by atoms with E-state index in [0.717, 1.165) is 24.8 Å². The molecular formula is C30H48O6S. The maximum Gasteiger partial charge on any atom is 0.397 e. The summed E-state index contributed by atoms with van der Waals surface area (Å²) < 4.78 is 43.0. The van der Waals surface area contributed by atoms with Gasteiger partial charge in [-0.3, -0.25) is 9.35 Å². The van der Waals surface area contributed by atoms with Gasteiger partial charge < -0.3 is 4.74 Å². The zero-order valence-electron chi connectivity index (χ0n) is 23.7. The first-order chi connectivity index (χ1) is 17.2. The zero-order valence-corrected chi connectivity index (χ0v) is 24.5. The second-order valence-corrected chi connectivity index (χ2v) is 14.5. The molecule has 0 spiro atoms. The maximum absolute atomic E-state index is 12.2. The van der Waals surface area contributed by atoms with Crippen LogP contribution in [0.3, 0.4) is 0 Å². The van der Waals surface area contributed by atoms with Crippen LogP contribution in [0.1, 0.15) is 99.3 Å². The molecule has 4 aliphatic rings. The van der Waals surface area contributed by atoms with Gasteiger partial charge in [-0.05, 0) is 104 Å². The van der Waals surface area contributed by atoms with Gasteiger partial charge in [0, 0.05) is 12.8 Å². The monoisotopic (exact) mass is 536 g/mol. The Labute approximate surface area is 224 Å². The molecule has 0 aromatic rings. The largest absolute Gasteiger partial charge is 0.458 e. The number of rotatable bonds is 8. The SMILES string of the molecule is C=C(CCC(C)C1CCC2C3C(OC(C)=O)C=C4CC(OS(=O)(=O)O)CCC4(C)C3CCC12C)C(C)C. The molecule has 0 radical (unpaired) electrons. The smallest absolute Gasteiger partial charge is 0.397 e. The average molecular weight is 537 g/mol. The van der Waals surface area contributed by atoms with Crippen molar-refractivity contribution in [2.75, 3.05) is 0 Å². The highest BCUT2D eigenvalue weighted by molar-refractivity contribution is 7.80. The van der Waals surface area contributed by atoms with Crippen molar-refractivity contribution in [3.8, 4) is 0 Å². The molecule has 0 bridgehead atoms. The molecule has 0 aliphatic heterocycles. The Morgan fingerprint density at radius 1 is 1.14 bits per heavy atom. The lowest BCUT2D eigenvalue weighted by molar-refractivity contribution is -0.158. The molecule has 1 N–H and O–H groups in total. The Morgan fingerprint density at radius 3 is 2.46 bits per heavy atom. The molecule has 3 fully saturated rings. The average Bonchev–Trinajstić information content (AvgIpc) is 3.13. The van der Waals surface area contributed by atoms with Gasteiger partial charge in [-0.1, -0.05) is 52.3 Å². The number of fused-ring (bicyclic) bond motifs is 5. The lowest BCUT2D eigenvalue weighted by atomic mass is 9.46. The number of allylic oxidation sites excluding steroid dienone is 1. The quantitative estimate of drug-likeness (QED) is 0.206. The van der Waals surface area contributed by atoms with Crippen LogP contribution in [0.15, 0.2) is 23.8 Å². The molecule has 0 aromatic carbocycles. The van der Waals surface area contributed by atoms with Gasteiger partial charge >= 0.3 is 16.4 Å². The summed E-state index contributed by atoms with van der Waals surface area (Å²) in [7, 11) is -4.50. The van der Waals surface area contributed by atoms with E-state index in [2.05, 4.69) is 47.3 Å². The zero-order chi connectivity index (χ0) is 27.3. The van der Waals surface area contributed by atoms with E-state index >= 15 is 0 Å². The van der Waals surface area contributed by atoms with Gasteiger partial charge in [-0.25, -0.2) is 4.18 Å². The van der Waals surface area contributed by atoms with E-state index in [-0.39, 0.29) is 28.8 Å². The highest BCUT2D eigenvalue weighted by Crippen LogP contribution is 2.67. The lowest BCUT2D eigenvalue weighted by Crippen LogP contribution is -2.55. The fourth-order valence-corrected chi connectivity index (χ4v) is 9.53. The summed E-state index contributed by atoms with van der Waals surface area (Å²) in [5.41, 5.74) is 2.63. The Kier molecular flexibility index (Phi) is 8.12. The first kappa shape index (κ1) is 28.8. The van der Waals surface area contributed by atoms with Crippen LogP contribution in [-0.4, -0.2) is 31.1 Å². The molecule has 210 valence electrons. The molecule has 3 saturated carbocycles. The number of hydrogen-bond donors (Lipinski definition) is 1. The summed E-state index contributed by atoms with van der Waals surface area (Å²) >= 11 is 0. The number of ether oxygens (including phenoxy) is 1. The predicted octanol–water partition coefficient (Wildman–Crippen LogP) is 6.92. The maximum atomic E-state index is 12.2. The van der Waals surface area contributed by atoms with Crippen molar-refractivity contribution in [2.24, 2.45) is 46.3 Å². The van der Waals surface area contributed by atoms with E-state index in [1.54, 1.807) is 0 Å². The summed E-state index contributed by atoms with van der Waals surface area (Å²) in [4.78, 5) is 12.2. The van der Waals surface area contributed by atoms with Gasteiger partial charge in [0.05, 0.1) is 6.10 Å². The van der Waals surface area contributed by atoms with Crippen LogP contribution in [0.2, 0.25) is 0 Å². The molecule has 0 aromatic heterocycles. The summed E-state index contributed by atoms with van der Waals surface area (Å²) in [6.45, 7) is 17.5. The number of esters is 1. The Bertz CT molecular complexity index is 1030. The van der Waals surface area contributed by atoms with Crippen molar-refractivity contribution >= 4 is 16.4 Å². The van der Waals surface area contributed by atoms with Gasteiger partial charge in [0.2, 0.25) is 0 Å². The molecule has 0 heterocycles. The van der Waals surface area contributed by atoms with Crippen LogP contribution in [0.25, 0.3) is 0 Å². The predicted molar refractivity (Wildman–Crippen MR) is 145 cm³/mol. The molecule has 0 amide bonds. The summed E-state index contributed by atoms with van der Waals surface area (Å²) in [5.74, 6) is 2.71. The Hall–Kier alpha value is -1.18. The third-order valence-electron chi connectivity index (χ3n) is 11.1. The van der Waals surface area contributed by atoms with Crippen LogP contribution in [-0.2, 0) is 24.1 Å². The van der Waals surface area contributed by atoms with Gasteiger partial charge in [-0.15, -0.1) is 0 Å². The van der Waals surface area contributed by atoms with Crippen molar-refractivity contribution < 1.29 is 26.7 Å². The van der Waals surface area contributed by atoms with Crippen molar-refractivity contribution in [3.63, 3.8) is 0 Å². The molecule has 37 heavy (non-hydrogen) atoms.